The third-order valence-electron chi connectivity index (χ3n) is 3.14. The van der Waals surface area contributed by atoms with Crippen molar-refractivity contribution < 1.29 is 0 Å². The monoisotopic (exact) mass is 210 g/mol. The van der Waals surface area contributed by atoms with Crippen molar-refractivity contribution in [2.24, 2.45) is 5.92 Å². The average Bonchev–Trinajstić information content (AvgIpc) is 2.28. The van der Waals surface area contributed by atoms with E-state index in [1.807, 2.05) is 18.3 Å². The zero-order chi connectivity index (χ0) is 11.1. The van der Waals surface area contributed by atoms with Crippen LogP contribution in [0.5, 0.6) is 0 Å². The van der Waals surface area contributed by atoms with Gasteiger partial charge in [0.2, 0.25) is 0 Å². The summed E-state index contributed by atoms with van der Waals surface area (Å²) in [5, 5.41) is 2.38. The lowest BCUT2D eigenvalue weighted by molar-refractivity contribution is 0.701. The first-order valence-corrected chi connectivity index (χ1v) is 5.59. The summed E-state index contributed by atoms with van der Waals surface area (Å²) in [6, 6.07) is 6.02. The van der Waals surface area contributed by atoms with Crippen LogP contribution in [0.1, 0.15) is 18.2 Å². The minimum Gasteiger partial charge on any atom is -0.399 e. The van der Waals surface area contributed by atoms with Crippen LogP contribution in [0.3, 0.4) is 0 Å². The number of nitrogen functional groups attached to an aromatic ring is 1. The second-order valence-electron chi connectivity index (χ2n) is 4.51. The maximum Gasteiger partial charge on any atom is 0.0487 e. The number of aromatic nitrogens is 1. The van der Waals surface area contributed by atoms with Crippen molar-refractivity contribution in [3.63, 3.8) is 0 Å². The molecule has 0 spiro atoms. The van der Waals surface area contributed by atoms with Gasteiger partial charge in [-0.05, 0) is 29.9 Å². The third-order valence-corrected chi connectivity index (χ3v) is 3.14. The van der Waals surface area contributed by atoms with Gasteiger partial charge in [0, 0.05) is 28.5 Å². The maximum absolute atomic E-state index is 5.78. The Hall–Kier alpha value is -1.83. The van der Waals surface area contributed by atoms with Crippen molar-refractivity contribution in [2.75, 3.05) is 5.73 Å². The summed E-state index contributed by atoms with van der Waals surface area (Å²) in [5.41, 5.74) is 9.03. The van der Waals surface area contributed by atoms with Crippen LogP contribution in [-0.2, 0) is 6.42 Å². The Morgan fingerprint density at radius 2 is 2.25 bits per heavy atom. The summed E-state index contributed by atoms with van der Waals surface area (Å²) in [5.74, 6) is 0.589. The van der Waals surface area contributed by atoms with Crippen LogP contribution in [0.15, 0.2) is 30.5 Å². The van der Waals surface area contributed by atoms with Crippen molar-refractivity contribution in [1.82, 2.24) is 4.98 Å². The molecular weight excluding hydrogens is 196 g/mol. The molecule has 1 aromatic heterocycles. The molecule has 0 bridgehead atoms. The van der Waals surface area contributed by atoms with E-state index in [0.717, 1.165) is 17.5 Å². The van der Waals surface area contributed by atoms with E-state index in [1.165, 1.54) is 16.6 Å². The van der Waals surface area contributed by atoms with Crippen LogP contribution in [0.2, 0.25) is 0 Å². The number of fused-ring (bicyclic) bond motifs is 3. The molecule has 16 heavy (non-hydrogen) atoms. The number of hydrogen-bond acceptors (Lipinski definition) is 2. The van der Waals surface area contributed by atoms with E-state index in [2.05, 4.69) is 30.1 Å². The molecule has 0 saturated heterocycles. The Morgan fingerprint density at radius 3 is 3.12 bits per heavy atom. The van der Waals surface area contributed by atoms with E-state index in [-0.39, 0.29) is 0 Å². The number of hydrogen-bond donors (Lipinski definition) is 1. The van der Waals surface area contributed by atoms with Crippen molar-refractivity contribution in [3.8, 4) is 0 Å². The smallest absolute Gasteiger partial charge is 0.0487 e. The predicted octanol–water partition coefficient (Wildman–Crippen LogP) is 3.02. The number of allylic oxidation sites excluding steroid dienone is 1. The minimum absolute atomic E-state index is 0.589. The number of benzene rings is 1. The number of nitrogens with two attached hydrogens (primary N) is 1. The van der Waals surface area contributed by atoms with Gasteiger partial charge < -0.3 is 5.73 Å². The van der Waals surface area contributed by atoms with E-state index in [9.17, 15) is 0 Å². The summed E-state index contributed by atoms with van der Waals surface area (Å²) < 4.78 is 0. The molecule has 0 fully saturated rings. The first-order valence-electron chi connectivity index (χ1n) is 5.59. The van der Waals surface area contributed by atoms with Crippen molar-refractivity contribution >= 4 is 22.5 Å². The van der Waals surface area contributed by atoms with E-state index in [1.54, 1.807) is 0 Å². The summed E-state index contributed by atoms with van der Waals surface area (Å²) in [4.78, 5) is 4.53. The highest BCUT2D eigenvalue weighted by molar-refractivity contribution is 5.93. The lowest BCUT2D eigenvalue weighted by Crippen LogP contribution is -2.06. The Kier molecular flexibility index (Phi) is 1.96. The number of anilines is 1. The Bertz CT molecular complexity index is 585. The second-order valence-corrected chi connectivity index (χ2v) is 4.51. The van der Waals surface area contributed by atoms with Gasteiger partial charge in [0.1, 0.15) is 0 Å². The molecule has 2 N–H and O–H groups in total. The molecular formula is C14H14N2. The predicted molar refractivity (Wildman–Crippen MR) is 68.1 cm³/mol. The van der Waals surface area contributed by atoms with Crippen molar-refractivity contribution in [2.45, 2.75) is 13.3 Å². The number of pyridine rings is 1. The molecule has 1 aliphatic rings. The SMILES string of the molecule is CC1C=Cc2c(ncc3cc(N)ccc23)C1. The lowest BCUT2D eigenvalue weighted by Gasteiger charge is -2.16. The fourth-order valence-electron chi connectivity index (χ4n) is 2.29. The molecule has 1 unspecified atom stereocenters. The molecule has 2 aromatic rings. The third kappa shape index (κ3) is 1.38. The van der Waals surface area contributed by atoms with Gasteiger partial charge in [0.25, 0.3) is 0 Å². The van der Waals surface area contributed by atoms with Gasteiger partial charge in [-0.15, -0.1) is 0 Å². The molecule has 2 heteroatoms. The highest BCUT2D eigenvalue weighted by Gasteiger charge is 2.13. The number of nitrogens with zero attached hydrogens (tertiary/aromatic N) is 1. The first kappa shape index (κ1) is 9.40. The molecule has 80 valence electrons. The topological polar surface area (TPSA) is 38.9 Å². The first-order chi connectivity index (χ1) is 7.74. The van der Waals surface area contributed by atoms with Crippen LogP contribution in [0.4, 0.5) is 5.69 Å². The molecule has 2 nitrogen and oxygen atoms in total. The van der Waals surface area contributed by atoms with Gasteiger partial charge in [-0.2, -0.15) is 0 Å². The second kappa shape index (κ2) is 3.34. The van der Waals surface area contributed by atoms with E-state index >= 15 is 0 Å². The quantitative estimate of drug-likeness (QED) is 0.679. The van der Waals surface area contributed by atoms with Gasteiger partial charge in [0.05, 0.1) is 0 Å². The fraction of sp³-hybridized carbons (Fsp3) is 0.214. The molecule has 1 aromatic carbocycles. The van der Waals surface area contributed by atoms with Gasteiger partial charge in [-0.25, -0.2) is 0 Å². The van der Waals surface area contributed by atoms with Gasteiger partial charge in [0.15, 0.2) is 0 Å². The zero-order valence-electron chi connectivity index (χ0n) is 9.27. The molecule has 0 aliphatic heterocycles. The lowest BCUT2D eigenvalue weighted by atomic mass is 9.92. The zero-order valence-corrected chi connectivity index (χ0v) is 9.27. The van der Waals surface area contributed by atoms with Gasteiger partial charge in [-0.1, -0.05) is 25.1 Å². The van der Waals surface area contributed by atoms with E-state index in [4.69, 9.17) is 5.73 Å². The largest absolute Gasteiger partial charge is 0.399 e. The van der Waals surface area contributed by atoms with Crippen LogP contribution in [0, 0.1) is 5.92 Å². The molecule has 0 radical (unpaired) electrons. The molecule has 1 atom stereocenters. The Labute approximate surface area is 94.8 Å². The average molecular weight is 210 g/mol. The fourth-order valence-corrected chi connectivity index (χ4v) is 2.29. The van der Waals surface area contributed by atoms with Crippen LogP contribution in [0.25, 0.3) is 16.8 Å². The Balaban J connectivity index is 2.31. The van der Waals surface area contributed by atoms with Crippen molar-refractivity contribution in [3.05, 3.63) is 41.7 Å². The highest BCUT2D eigenvalue weighted by Crippen LogP contribution is 2.28. The van der Waals surface area contributed by atoms with E-state index < -0.39 is 0 Å². The van der Waals surface area contributed by atoms with E-state index in [0.29, 0.717) is 5.92 Å². The van der Waals surface area contributed by atoms with Crippen LogP contribution < -0.4 is 5.73 Å². The maximum atomic E-state index is 5.78. The summed E-state index contributed by atoms with van der Waals surface area (Å²) >= 11 is 0. The molecule has 0 saturated carbocycles. The van der Waals surface area contributed by atoms with Gasteiger partial charge in [-0.3, -0.25) is 4.98 Å². The molecule has 0 amide bonds. The molecule has 3 rings (SSSR count). The minimum atomic E-state index is 0.589. The van der Waals surface area contributed by atoms with Gasteiger partial charge >= 0.3 is 0 Å². The van der Waals surface area contributed by atoms with Crippen LogP contribution in [-0.4, -0.2) is 4.98 Å². The summed E-state index contributed by atoms with van der Waals surface area (Å²) in [6.45, 7) is 2.22. The summed E-state index contributed by atoms with van der Waals surface area (Å²) in [7, 11) is 0. The molecule has 1 heterocycles. The normalized spacial score (nSPS) is 18.7. The Morgan fingerprint density at radius 1 is 1.38 bits per heavy atom. The van der Waals surface area contributed by atoms with Crippen LogP contribution >= 0.6 is 0 Å². The standard InChI is InChI=1S/C14H14N2/c1-9-2-4-13-12-5-3-11(15)7-10(12)8-16-14(13)6-9/h2-5,7-9H,6,15H2,1H3. The summed E-state index contributed by atoms with van der Waals surface area (Å²) in [6.07, 6.45) is 7.40. The number of rotatable bonds is 0. The highest BCUT2D eigenvalue weighted by atomic mass is 14.7. The van der Waals surface area contributed by atoms with Crippen molar-refractivity contribution in [1.29, 1.82) is 0 Å². The molecule has 1 aliphatic carbocycles.